The summed E-state index contributed by atoms with van der Waals surface area (Å²) in [6.45, 7) is 0. The van der Waals surface area contributed by atoms with E-state index in [4.69, 9.17) is 23.8 Å². The summed E-state index contributed by atoms with van der Waals surface area (Å²) < 4.78 is 23.5. The van der Waals surface area contributed by atoms with Crippen LogP contribution in [0.2, 0.25) is 0 Å². The Morgan fingerprint density at radius 2 is 0.913 bits per heavy atom. The molecule has 10 nitrogen and oxygen atoms in total. The van der Waals surface area contributed by atoms with Gasteiger partial charge in [0.05, 0.1) is 28.5 Å². The van der Waals surface area contributed by atoms with Crippen LogP contribution < -0.4 is 0 Å². The van der Waals surface area contributed by atoms with Crippen LogP contribution in [-0.4, -0.2) is 66.9 Å². The first-order valence-corrected chi connectivity index (χ1v) is 15.2. The molecule has 0 saturated carbocycles. The van der Waals surface area contributed by atoms with Crippen LogP contribution >= 0.6 is 15.9 Å². The molecular weight excluding hydrogens is 658 g/mol. The molecule has 0 aromatic heterocycles. The molecule has 0 aliphatic heterocycles. The maximum absolute atomic E-state index is 13.5. The number of halogens is 1. The highest BCUT2D eigenvalue weighted by molar-refractivity contribution is 9.09. The zero-order valence-corrected chi connectivity index (χ0v) is 26.2. The number of hydrogen-bond acceptors (Lipinski definition) is 10. The topological polar surface area (TPSA) is 127 Å². The molecule has 0 heterocycles. The summed E-state index contributed by atoms with van der Waals surface area (Å²) >= 11 is 3.36. The summed E-state index contributed by atoms with van der Waals surface area (Å²) in [5.41, 5.74) is 0.755. The van der Waals surface area contributed by atoms with Gasteiger partial charge in [0.25, 0.3) is 0 Å². The maximum Gasteiger partial charge on any atom is 0.338 e. The minimum atomic E-state index is -1.60. The molecule has 0 radical (unpaired) electrons. The van der Waals surface area contributed by atoms with E-state index in [1.165, 1.54) is 43.5 Å². The van der Waals surface area contributed by atoms with Crippen molar-refractivity contribution >= 4 is 46.0 Å². The van der Waals surface area contributed by atoms with E-state index in [1.807, 2.05) is 0 Å². The van der Waals surface area contributed by atoms with E-state index in [-0.39, 0.29) is 27.6 Å². The summed E-state index contributed by atoms with van der Waals surface area (Å²) in [7, 11) is 1.27. The predicted octanol–water partition coefficient (Wildman–Crippen LogP) is 5.92. The Bertz CT molecular complexity index is 1600. The van der Waals surface area contributed by atoms with Crippen LogP contribution in [0.1, 0.15) is 41.4 Å². The first-order valence-electron chi connectivity index (χ1n) is 14.1. The minimum absolute atomic E-state index is 0.0710. The van der Waals surface area contributed by atoms with Crippen LogP contribution in [0.4, 0.5) is 0 Å². The lowest BCUT2D eigenvalue weighted by molar-refractivity contribution is -0.105. The van der Waals surface area contributed by atoms with Crippen LogP contribution in [0.3, 0.4) is 0 Å². The second kappa shape index (κ2) is 17.3. The fourth-order valence-electron chi connectivity index (χ4n) is 4.24. The van der Waals surface area contributed by atoms with Gasteiger partial charge < -0.3 is 23.8 Å². The number of benzene rings is 4. The fraction of sp³-hybridized carbons (Fsp3) is 0.171. The number of carbonyl (C=O) groups excluding carboxylic acids is 4. The van der Waals surface area contributed by atoms with Gasteiger partial charge in [-0.1, -0.05) is 93.9 Å². The Morgan fingerprint density at radius 1 is 0.565 bits per heavy atom. The molecule has 4 atom stereocenters. The molecule has 0 N–H and O–H groups in total. The van der Waals surface area contributed by atoms with Gasteiger partial charge in [-0.2, -0.15) is 0 Å². The molecule has 0 spiro atoms. The molecule has 46 heavy (non-hydrogen) atoms. The van der Waals surface area contributed by atoms with Crippen molar-refractivity contribution in [1.29, 1.82) is 0 Å². The molecule has 236 valence electrons. The van der Waals surface area contributed by atoms with Gasteiger partial charge in [0.2, 0.25) is 0 Å². The van der Waals surface area contributed by atoms with Gasteiger partial charge in [0.1, 0.15) is 7.11 Å². The van der Waals surface area contributed by atoms with Crippen LogP contribution in [0, 0.1) is 0 Å². The van der Waals surface area contributed by atoms with Gasteiger partial charge in [-0.15, -0.1) is 0 Å². The lowest BCUT2D eigenvalue weighted by atomic mass is 10.0. The summed E-state index contributed by atoms with van der Waals surface area (Å²) in [5, 5.41) is 3.71. The average molecular weight is 689 g/mol. The number of esters is 4. The number of hydrogen-bond donors (Lipinski definition) is 0. The normalized spacial score (nSPS) is 13.4. The van der Waals surface area contributed by atoms with Crippen molar-refractivity contribution in [3.63, 3.8) is 0 Å². The molecule has 4 aromatic carbocycles. The zero-order valence-electron chi connectivity index (χ0n) is 24.6. The molecule has 0 unspecified atom stereocenters. The van der Waals surface area contributed by atoms with E-state index in [0.29, 0.717) is 0 Å². The first kappa shape index (κ1) is 33.6. The number of rotatable bonds is 14. The van der Waals surface area contributed by atoms with Gasteiger partial charge in [-0.25, -0.2) is 19.2 Å². The zero-order chi connectivity index (χ0) is 32.7. The minimum Gasteiger partial charge on any atom is -0.454 e. The van der Waals surface area contributed by atoms with Crippen molar-refractivity contribution in [1.82, 2.24) is 0 Å². The summed E-state index contributed by atoms with van der Waals surface area (Å²) in [5.74, 6) is -3.17. The molecule has 11 heteroatoms. The number of alkyl halides is 1. The molecule has 4 aromatic rings. The fourth-order valence-corrected chi connectivity index (χ4v) is 4.74. The molecular formula is C35H30BrNO9. The second-order valence-electron chi connectivity index (χ2n) is 9.61. The highest BCUT2D eigenvalue weighted by Gasteiger charge is 2.44. The largest absolute Gasteiger partial charge is 0.454 e. The Kier molecular flexibility index (Phi) is 12.6. The van der Waals surface area contributed by atoms with Crippen molar-refractivity contribution in [2.75, 3.05) is 12.4 Å². The Labute approximate surface area is 274 Å². The van der Waals surface area contributed by atoms with Crippen molar-refractivity contribution in [3.8, 4) is 0 Å². The Balaban J connectivity index is 1.80. The van der Waals surface area contributed by atoms with E-state index in [1.54, 1.807) is 84.9 Å². The number of ether oxygens (including phenoxy) is 4. The lowest BCUT2D eigenvalue weighted by Crippen LogP contribution is -2.53. The Morgan fingerprint density at radius 3 is 1.28 bits per heavy atom. The van der Waals surface area contributed by atoms with Gasteiger partial charge >= 0.3 is 23.9 Å². The molecule has 0 fully saturated rings. The maximum atomic E-state index is 13.5. The molecule has 0 amide bonds. The first-order chi connectivity index (χ1) is 22.4. The standard InChI is InChI=1S/C35H30BrNO9/c1-42-37-23-29(44-33(39)25-16-8-3-9-17-25)31(46-35(41)27-20-12-5-13-21-27)30(45-34(40)26-18-10-4-11-19-26)28(22-36)43-32(38)24-14-6-2-7-15-24/h2-21,23,28-31H,22H2,1H3/b37-23+/t28-,29+,30-,31-/m1/s1. The van der Waals surface area contributed by atoms with Crippen LogP contribution in [-0.2, 0) is 23.8 Å². The van der Waals surface area contributed by atoms with Crippen molar-refractivity contribution in [3.05, 3.63) is 144 Å². The van der Waals surface area contributed by atoms with E-state index in [2.05, 4.69) is 21.1 Å². The molecule has 0 aliphatic carbocycles. The van der Waals surface area contributed by atoms with Crippen molar-refractivity contribution in [2.24, 2.45) is 5.16 Å². The van der Waals surface area contributed by atoms with E-state index >= 15 is 0 Å². The van der Waals surface area contributed by atoms with Crippen LogP contribution in [0.15, 0.2) is 126 Å². The highest BCUT2D eigenvalue weighted by Crippen LogP contribution is 2.24. The number of carbonyl (C=O) groups is 4. The summed E-state index contributed by atoms with van der Waals surface area (Å²) in [4.78, 5) is 58.4. The van der Waals surface area contributed by atoms with Gasteiger partial charge in [-0.05, 0) is 48.5 Å². The number of nitrogens with zero attached hydrogens (tertiary/aromatic N) is 1. The predicted molar refractivity (Wildman–Crippen MR) is 172 cm³/mol. The van der Waals surface area contributed by atoms with Crippen LogP contribution in [0.5, 0.6) is 0 Å². The van der Waals surface area contributed by atoms with Gasteiger partial charge in [-0.3, -0.25) is 0 Å². The average Bonchev–Trinajstić information content (AvgIpc) is 3.11. The number of oxime groups is 1. The Hall–Kier alpha value is -5.29. The monoisotopic (exact) mass is 687 g/mol. The molecule has 0 saturated heterocycles. The quantitative estimate of drug-likeness (QED) is 0.0522. The molecule has 0 aliphatic rings. The third kappa shape index (κ3) is 9.35. The summed E-state index contributed by atoms with van der Waals surface area (Å²) in [6.07, 6.45) is -4.80. The van der Waals surface area contributed by atoms with E-state index in [9.17, 15) is 19.2 Å². The third-order valence-electron chi connectivity index (χ3n) is 6.51. The molecule has 0 bridgehead atoms. The second-order valence-corrected chi connectivity index (χ2v) is 10.3. The highest BCUT2D eigenvalue weighted by atomic mass is 79.9. The van der Waals surface area contributed by atoms with Crippen LogP contribution in [0.25, 0.3) is 0 Å². The van der Waals surface area contributed by atoms with Gasteiger partial charge in [0.15, 0.2) is 24.4 Å². The van der Waals surface area contributed by atoms with Gasteiger partial charge in [0, 0.05) is 5.33 Å². The summed E-state index contributed by atoms with van der Waals surface area (Å²) in [6, 6.07) is 32.4. The smallest absolute Gasteiger partial charge is 0.338 e. The third-order valence-corrected chi connectivity index (χ3v) is 7.14. The molecule has 4 rings (SSSR count). The van der Waals surface area contributed by atoms with E-state index in [0.717, 1.165) is 6.21 Å². The van der Waals surface area contributed by atoms with Crippen molar-refractivity contribution in [2.45, 2.75) is 24.4 Å². The van der Waals surface area contributed by atoms with Crippen molar-refractivity contribution < 1.29 is 43.0 Å². The van der Waals surface area contributed by atoms with E-state index < -0.39 is 48.3 Å². The SMILES string of the molecule is CO/N=C/[C@H](OC(=O)c1ccccc1)[C@@H](OC(=O)c1ccccc1)[C@H](OC(=O)c1ccccc1)[C@@H](CBr)OC(=O)c1ccccc1. The lowest BCUT2D eigenvalue weighted by Gasteiger charge is -2.34.